The Morgan fingerprint density at radius 1 is 1.55 bits per heavy atom. The lowest BCUT2D eigenvalue weighted by atomic mass is 10.1. The summed E-state index contributed by atoms with van der Waals surface area (Å²) in [5.41, 5.74) is 1.72. The second-order valence-corrected chi connectivity index (χ2v) is 4.21. The molecular weight excluding hydrogens is 258 g/mol. The average Bonchev–Trinajstić information content (AvgIpc) is 2.70. The van der Waals surface area contributed by atoms with E-state index in [1.54, 1.807) is 31.7 Å². The lowest BCUT2D eigenvalue weighted by Gasteiger charge is -2.07. The zero-order valence-corrected chi connectivity index (χ0v) is 11.5. The first kappa shape index (κ1) is 13.8. The molecule has 1 N–H and O–H groups in total. The lowest BCUT2D eigenvalue weighted by molar-refractivity contribution is 0.0699. The van der Waals surface area contributed by atoms with Crippen LogP contribution < -0.4 is 0 Å². The third kappa shape index (κ3) is 2.16. The van der Waals surface area contributed by atoms with Crippen LogP contribution in [0.2, 0.25) is 0 Å². The fraction of sp³-hybridized carbons (Fsp3) is 0.214. The average molecular weight is 273 g/mol. The van der Waals surface area contributed by atoms with Crippen molar-refractivity contribution in [1.82, 2.24) is 14.8 Å². The third-order valence-electron chi connectivity index (χ3n) is 2.92. The standard InChI is InChI=1S/C14H15N3O3/c1-5-11(20-6-2)10-7-9(14(18)19)12-8(3)16-17(4)13(12)15-10/h5-7H,2H2,1,3-4H3,(H,18,19)/b11-5-. The maximum absolute atomic E-state index is 11.5. The molecule has 0 atom stereocenters. The quantitative estimate of drug-likeness (QED) is 0.866. The van der Waals surface area contributed by atoms with E-state index in [2.05, 4.69) is 16.7 Å². The van der Waals surface area contributed by atoms with E-state index < -0.39 is 5.97 Å². The largest absolute Gasteiger partial charge is 0.478 e. The Kier molecular flexibility index (Phi) is 3.56. The molecule has 2 aromatic rings. The van der Waals surface area contributed by atoms with Crippen molar-refractivity contribution in [2.24, 2.45) is 7.05 Å². The van der Waals surface area contributed by atoms with Gasteiger partial charge in [-0.3, -0.25) is 4.68 Å². The van der Waals surface area contributed by atoms with Crippen LogP contribution in [0.25, 0.3) is 16.8 Å². The van der Waals surface area contributed by atoms with Gasteiger partial charge in [-0.15, -0.1) is 0 Å². The summed E-state index contributed by atoms with van der Waals surface area (Å²) in [6, 6.07) is 1.48. The summed E-state index contributed by atoms with van der Waals surface area (Å²) in [6.07, 6.45) is 2.97. The fourth-order valence-electron chi connectivity index (χ4n) is 2.11. The van der Waals surface area contributed by atoms with Gasteiger partial charge in [0.1, 0.15) is 11.5 Å². The van der Waals surface area contributed by atoms with Gasteiger partial charge in [0.2, 0.25) is 0 Å². The van der Waals surface area contributed by atoms with Gasteiger partial charge >= 0.3 is 5.97 Å². The van der Waals surface area contributed by atoms with Crippen molar-refractivity contribution >= 4 is 22.8 Å². The van der Waals surface area contributed by atoms with Gasteiger partial charge < -0.3 is 9.84 Å². The minimum absolute atomic E-state index is 0.155. The topological polar surface area (TPSA) is 77.2 Å². The van der Waals surface area contributed by atoms with Crippen LogP contribution in [0.5, 0.6) is 0 Å². The van der Waals surface area contributed by atoms with Crippen molar-refractivity contribution < 1.29 is 14.6 Å². The molecule has 0 bridgehead atoms. The molecular formula is C14H15N3O3. The number of aromatic carboxylic acids is 1. The molecule has 0 spiro atoms. The summed E-state index contributed by atoms with van der Waals surface area (Å²) in [4.78, 5) is 15.9. The van der Waals surface area contributed by atoms with Crippen LogP contribution >= 0.6 is 0 Å². The number of carboxylic acid groups (broad SMARTS) is 1. The van der Waals surface area contributed by atoms with E-state index in [1.807, 2.05) is 0 Å². The van der Waals surface area contributed by atoms with E-state index in [0.717, 1.165) is 0 Å². The number of aryl methyl sites for hydroxylation is 2. The van der Waals surface area contributed by atoms with Crippen molar-refractivity contribution in [1.29, 1.82) is 0 Å². The highest BCUT2D eigenvalue weighted by atomic mass is 16.5. The van der Waals surface area contributed by atoms with Crippen molar-refractivity contribution in [2.45, 2.75) is 13.8 Å². The van der Waals surface area contributed by atoms with Crippen LogP contribution in [-0.4, -0.2) is 25.8 Å². The first-order valence-electron chi connectivity index (χ1n) is 6.01. The van der Waals surface area contributed by atoms with E-state index >= 15 is 0 Å². The number of carbonyl (C=O) groups is 1. The van der Waals surface area contributed by atoms with Crippen molar-refractivity contribution in [3.8, 4) is 0 Å². The third-order valence-corrected chi connectivity index (χ3v) is 2.92. The molecule has 0 aliphatic carbocycles. The van der Waals surface area contributed by atoms with Crippen LogP contribution in [0.4, 0.5) is 0 Å². The number of allylic oxidation sites excluding steroid dienone is 1. The highest BCUT2D eigenvalue weighted by Gasteiger charge is 2.19. The van der Waals surface area contributed by atoms with Gasteiger partial charge in [0, 0.05) is 7.05 Å². The van der Waals surface area contributed by atoms with Gasteiger partial charge in [-0.05, 0) is 26.0 Å². The van der Waals surface area contributed by atoms with Gasteiger partial charge in [-0.2, -0.15) is 5.10 Å². The summed E-state index contributed by atoms with van der Waals surface area (Å²) in [5, 5.41) is 14.1. The molecule has 0 saturated heterocycles. The minimum Gasteiger partial charge on any atom is -0.478 e. The normalized spacial score (nSPS) is 11.7. The molecule has 0 saturated carbocycles. The van der Waals surface area contributed by atoms with E-state index in [9.17, 15) is 9.90 Å². The Hall–Kier alpha value is -2.63. The number of pyridine rings is 1. The van der Waals surface area contributed by atoms with Crippen molar-refractivity contribution in [3.05, 3.63) is 41.9 Å². The molecule has 2 rings (SSSR count). The van der Waals surface area contributed by atoms with E-state index in [4.69, 9.17) is 4.74 Å². The molecule has 0 aromatic carbocycles. The molecule has 6 nitrogen and oxygen atoms in total. The minimum atomic E-state index is -1.02. The van der Waals surface area contributed by atoms with Gasteiger partial charge in [0.05, 0.1) is 22.9 Å². The summed E-state index contributed by atoms with van der Waals surface area (Å²) < 4.78 is 6.80. The molecule has 104 valence electrons. The number of nitrogens with zero attached hydrogens (tertiary/aromatic N) is 3. The Balaban J connectivity index is 2.80. The second-order valence-electron chi connectivity index (χ2n) is 4.21. The summed E-state index contributed by atoms with van der Waals surface area (Å²) in [6.45, 7) is 7.03. The zero-order chi connectivity index (χ0) is 14.9. The van der Waals surface area contributed by atoms with Crippen LogP contribution in [0, 0.1) is 6.92 Å². The predicted molar refractivity (Wildman–Crippen MR) is 75.1 cm³/mol. The Bertz CT molecular complexity index is 729. The summed E-state index contributed by atoms with van der Waals surface area (Å²) >= 11 is 0. The maximum atomic E-state index is 11.5. The van der Waals surface area contributed by atoms with Crippen molar-refractivity contribution in [3.63, 3.8) is 0 Å². The predicted octanol–water partition coefficient (Wildman–Crippen LogP) is 2.50. The molecule has 0 aliphatic heterocycles. The highest BCUT2D eigenvalue weighted by Crippen LogP contribution is 2.25. The Labute approximate surface area is 116 Å². The maximum Gasteiger partial charge on any atom is 0.336 e. The summed E-state index contributed by atoms with van der Waals surface area (Å²) in [5.74, 6) is -0.577. The number of fused-ring (bicyclic) bond motifs is 1. The number of ether oxygens (including phenoxy) is 1. The molecule has 0 aliphatic rings. The van der Waals surface area contributed by atoms with Gasteiger partial charge in [-0.1, -0.05) is 6.58 Å². The Morgan fingerprint density at radius 2 is 2.25 bits per heavy atom. The molecule has 2 heterocycles. The lowest BCUT2D eigenvalue weighted by Crippen LogP contribution is -2.03. The molecule has 0 fully saturated rings. The molecule has 6 heteroatoms. The molecule has 0 radical (unpaired) electrons. The molecule has 0 amide bonds. The van der Waals surface area contributed by atoms with Crippen LogP contribution in [-0.2, 0) is 11.8 Å². The van der Waals surface area contributed by atoms with E-state index in [0.29, 0.717) is 28.2 Å². The van der Waals surface area contributed by atoms with E-state index in [-0.39, 0.29) is 5.56 Å². The SMILES string of the molecule is C=CO/C(=C\C)c1cc(C(=O)O)c2c(C)nn(C)c2n1. The first-order chi connectivity index (χ1) is 9.49. The van der Waals surface area contributed by atoms with Gasteiger partial charge in [-0.25, -0.2) is 9.78 Å². The number of carboxylic acids is 1. The smallest absolute Gasteiger partial charge is 0.336 e. The highest BCUT2D eigenvalue weighted by molar-refractivity contribution is 6.03. The number of aromatic nitrogens is 3. The second kappa shape index (κ2) is 5.16. The summed E-state index contributed by atoms with van der Waals surface area (Å²) in [7, 11) is 1.72. The monoisotopic (exact) mass is 273 g/mol. The van der Waals surface area contributed by atoms with Gasteiger partial charge in [0.25, 0.3) is 0 Å². The molecule has 0 unspecified atom stereocenters. The molecule has 2 aromatic heterocycles. The number of rotatable bonds is 4. The molecule has 20 heavy (non-hydrogen) atoms. The van der Waals surface area contributed by atoms with E-state index in [1.165, 1.54) is 12.3 Å². The Morgan fingerprint density at radius 3 is 2.80 bits per heavy atom. The first-order valence-corrected chi connectivity index (χ1v) is 6.01. The van der Waals surface area contributed by atoms with Crippen LogP contribution in [0.3, 0.4) is 0 Å². The fourth-order valence-corrected chi connectivity index (χ4v) is 2.11. The zero-order valence-electron chi connectivity index (χ0n) is 11.5. The van der Waals surface area contributed by atoms with Crippen LogP contribution in [0.15, 0.2) is 25.0 Å². The number of hydrogen-bond donors (Lipinski definition) is 1. The number of hydrogen-bond acceptors (Lipinski definition) is 4. The van der Waals surface area contributed by atoms with Gasteiger partial charge in [0.15, 0.2) is 5.65 Å². The van der Waals surface area contributed by atoms with Crippen LogP contribution in [0.1, 0.15) is 28.7 Å². The van der Waals surface area contributed by atoms with Crippen molar-refractivity contribution in [2.75, 3.05) is 0 Å².